The number of carboxylic acids is 1. The van der Waals surface area contributed by atoms with Gasteiger partial charge < -0.3 is 10.0 Å². The van der Waals surface area contributed by atoms with E-state index in [4.69, 9.17) is 5.11 Å². The number of carboxylic acid groups (broad SMARTS) is 1. The third-order valence-electron chi connectivity index (χ3n) is 2.48. The maximum atomic E-state index is 13.2. The normalized spacial score (nSPS) is 10.5. The van der Waals surface area contributed by atoms with Gasteiger partial charge in [0.15, 0.2) is 0 Å². The maximum absolute atomic E-state index is 13.2. The van der Waals surface area contributed by atoms with E-state index < -0.39 is 24.2 Å². The predicted octanol–water partition coefficient (Wildman–Crippen LogP) is 2.07. The first-order valence-electron chi connectivity index (χ1n) is 5.61. The van der Waals surface area contributed by atoms with Crippen molar-refractivity contribution in [2.24, 2.45) is 0 Å². The summed E-state index contributed by atoms with van der Waals surface area (Å²) in [5.41, 5.74) is 0.792. The topological polar surface area (TPSA) is 57.6 Å². The number of aryl methyl sites for hydroxylation is 1. The molecule has 0 aliphatic rings. The van der Waals surface area contributed by atoms with Gasteiger partial charge in [0.25, 0.3) is 5.91 Å². The first-order chi connectivity index (χ1) is 8.31. The van der Waals surface area contributed by atoms with E-state index in [1.54, 1.807) is 26.8 Å². The van der Waals surface area contributed by atoms with Crippen molar-refractivity contribution in [3.05, 3.63) is 35.1 Å². The Morgan fingerprint density at radius 2 is 1.94 bits per heavy atom. The van der Waals surface area contributed by atoms with Crippen molar-refractivity contribution in [3.8, 4) is 0 Å². The third-order valence-corrected chi connectivity index (χ3v) is 2.48. The number of hydrogen-bond donors (Lipinski definition) is 1. The lowest BCUT2D eigenvalue weighted by atomic mass is 10.1. The molecular formula is C13H16FNO3. The minimum absolute atomic E-state index is 0.169. The summed E-state index contributed by atoms with van der Waals surface area (Å²) in [5.74, 6) is -2.07. The number of benzene rings is 1. The predicted molar refractivity (Wildman–Crippen MR) is 64.9 cm³/mol. The second-order valence-electron chi connectivity index (χ2n) is 4.44. The lowest BCUT2D eigenvalue weighted by Crippen LogP contribution is -2.40. The van der Waals surface area contributed by atoms with Gasteiger partial charge in [0.2, 0.25) is 0 Å². The van der Waals surface area contributed by atoms with Crippen LogP contribution in [0.25, 0.3) is 0 Å². The van der Waals surface area contributed by atoms with Gasteiger partial charge in [0.05, 0.1) is 0 Å². The van der Waals surface area contributed by atoms with Crippen LogP contribution in [0.15, 0.2) is 18.2 Å². The molecule has 1 amide bonds. The van der Waals surface area contributed by atoms with E-state index >= 15 is 0 Å². The highest BCUT2D eigenvalue weighted by Crippen LogP contribution is 2.13. The number of carbonyl (C=O) groups excluding carboxylic acids is 1. The molecule has 1 rings (SSSR count). The summed E-state index contributed by atoms with van der Waals surface area (Å²) in [7, 11) is 0. The molecule has 1 N–H and O–H groups in total. The minimum atomic E-state index is -1.09. The molecule has 0 radical (unpaired) electrons. The Morgan fingerprint density at radius 3 is 2.39 bits per heavy atom. The van der Waals surface area contributed by atoms with Crippen LogP contribution in [-0.2, 0) is 4.79 Å². The molecule has 0 atom stereocenters. The molecule has 0 aliphatic heterocycles. The van der Waals surface area contributed by atoms with Crippen LogP contribution in [0.4, 0.5) is 4.39 Å². The average molecular weight is 253 g/mol. The second-order valence-corrected chi connectivity index (χ2v) is 4.44. The fourth-order valence-corrected chi connectivity index (χ4v) is 1.66. The fourth-order valence-electron chi connectivity index (χ4n) is 1.66. The van der Waals surface area contributed by atoms with E-state index in [1.165, 1.54) is 11.0 Å². The van der Waals surface area contributed by atoms with Crippen LogP contribution in [0, 0.1) is 12.7 Å². The number of halogens is 1. The number of carbonyl (C=O) groups is 2. The lowest BCUT2D eigenvalue weighted by Gasteiger charge is -2.25. The zero-order chi connectivity index (χ0) is 13.9. The lowest BCUT2D eigenvalue weighted by molar-refractivity contribution is -0.138. The van der Waals surface area contributed by atoms with Gasteiger partial charge in [-0.15, -0.1) is 0 Å². The van der Waals surface area contributed by atoms with Crippen molar-refractivity contribution in [1.29, 1.82) is 0 Å². The van der Waals surface area contributed by atoms with Crippen molar-refractivity contribution in [2.45, 2.75) is 26.8 Å². The van der Waals surface area contributed by atoms with Gasteiger partial charge in [-0.2, -0.15) is 0 Å². The molecule has 18 heavy (non-hydrogen) atoms. The molecule has 1 aromatic rings. The summed E-state index contributed by atoms with van der Waals surface area (Å²) in [4.78, 5) is 24.0. The Kier molecular flexibility index (Phi) is 4.42. The molecule has 4 nitrogen and oxygen atoms in total. The molecule has 5 heteroatoms. The van der Waals surface area contributed by atoms with Gasteiger partial charge >= 0.3 is 5.97 Å². The summed E-state index contributed by atoms with van der Waals surface area (Å²) in [6, 6.07) is 3.71. The molecule has 1 aromatic carbocycles. The molecule has 0 aromatic heterocycles. The smallest absolute Gasteiger partial charge is 0.323 e. The van der Waals surface area contributed by atoms with E-state index in [-0.39, 0.29) is 11.6 Å². The van der Waals surface area contributed by atoms with Crippen molar-refractivity contribution in [3.63, 3.8) is 0 Å². The molecule has 0 saturated heterocycles. The van der Waals surface area contributed by atoms with Crippen molar-refractivity contribution in [1.82, 2.24) is 4.90 Å². The Labute approximate surface area is 105 Å². The Hall–Kier alpha value is -1.91. The van der Waals surface area contributed by atoms with E-state index in [2.05, 4.69) is 0 Å². The zero-order valence-corrected chi connectivity index (χ0v) is 10.6. The molecular weight excluding hydrogens is 237 g/mol. The monoisotopic (exact) mass is 253 g/mol. The molecule has 0 bridgehead atoms. The van der Waals surface area contributed by atoms with Gasteiger partial charge in [-0.1, -0.05) is 0 Å². The van der Waals surface area contributed by atoms with Gasteiger partial charge in [0, 0.05) is 11.6 Å². The molecule has 0 saturated carbocycles. The van der Waals surface area contributed by atoms with Gasteiger partial charge in [-0.25, -0.2) is 4.39 Å². The summed E-state index contributed by atoms with van der Waals surface area (Å²) < 4.78 is 13.2. The van der Waals surface area contributed by atoms with Gasteiger partial charge in [-0.05, 0) is 44.5 Å². The first kappa shape index (κ1) is 14.2. The SMILES string of the molecule is Cc1cc(F)cc(C(=O)N(CC(=O)O)C(C)C)c1. The van der Waals surface area contributed by atoms with Crippen LogP contribution >= 0.6 is 0 Å². The van der Waals surface area contributed by atoms with Crippen LogP contribution in [0.2, 0.25) is 0 Å². The summed E-state index contributed by atoms with van der Waals surface area (Å²) in [5, 5.41) is 8.77. The highest BCUT2D eigenvalue weighted by Gasteiger charge is 2.21. The van der Waals surface area contributed by atoms with Crippen molar-refractivity contribution >= 4 is 11.9 Å². The minimum Gasteiger partial charge on any atom is -0.480 e. The first-order valence-corrected chi connectivity index (χ1v) is 5.61. The summed E-state index contributed by atoms with van der Waals surface area (Å²) in [6.45, 7) is 4.71. The standard InChI is InChI=1S/C13H16FNO3/c1-8(2)15(7-12(16)17)13(18)10-4-9(3)5-11(14)6-10/h4-6,8H,7H2,1-3H3,(H,16,17). The molecule has 0 fully saturated rings. The van der Waals surface area contributed by atoms with Gasteiger partial charge in [-0.3, -0.25) is 9.59 Å². The highest BCUT2D eigenvalue weighted by atomic mass is 19.1. The molecule has 0 aliphatic carbocycles. The Balaban J connectivity index is 3.05. The van der Waals surface area contributed by atoms with E-state index in [1.807, 2.05) is 0 Å². The summed E-state index contributed by atoms with van der Waals surface area (Å²) in [6.07, 6.45) is 0. The molecule has 0 heterocycles. The van der Waals surface area contributed by atoms with Crippen LogP contribution in [0.1, 0.15) is 29.8 Å². The number of aliphatic carboxylic acids is 1. The van der Waals surface area contributed by atoms with Crippen molar-refractivity contribution in [2.75, 3.05) is 6.54 Å². The number of nitrogens with zero attached hydrogens (tertiary/aromatic N) is 1. The Bertz CT molecular complexity index is 451. The highest BCUT2D eigenvalue weighted by molar-refractivity contribution is 5.96. The van der Waals surface area contributed by atoms with Crippen LogP contribution in [0.5, 0.6) is 0 Å². The third kappa shape index (κ3) is 3.55. The van der Waals surface area contributed by atoms with Gasteiger partial charge in [0.1, 0.15) is 12.4 Å². The van der Waals surface area contributed by atoms with Crippen LogP contribution in [0.3, 0.4) is 0 Å². The number of rotatable bonds is 4. The maximum Gasteiger partial charge on any atom is 0.323 e. The second kappa shape index (κ2) is 5.62. The van der Waals surface area contributed by atoms with Crippen LogP contribution < -0.4 is 0 Å². The molecule has 0 unspecified atom stereocenters. The largest absolute Gasteiger partial charge is 0.480 e. The Morgan fingerprint density at radius 1 is 1.33 bits per heavy atom. The van der Waals surface area contributed by atoms with E-state index in [0.717, 1.165) is 6.07 Å². The van der Waals surface area contributed by atoms with Crippen LogP contribution in [-0.4, -0.2) is 34.5 Å². The molecule has 98 valence electrons. The quantitative estimate of drug-likeness (QED) is 0.893. The van der Waals surface area contributed by atoms with Crippen molar-refractivity contribution < 1.29 is 19.1 Å². The fraction of sp³-hybridized carbons (Fsp3) is 0.385. The zero-order valence-electron chi connectivity index (χ0n) is 10.6. The van der Waals surface area contributed by atoms with E-state index in [9.17, 15) is 14.0 Å². The summed E-state index contributed by atoms with van der Waals surface area (Å²) >= 11 is 0. The molecule has 0 spiro atoms. The average Bonchev–Trinajstić information content (AvgIpc) is 2.23. The number of hydrogen-bond acceptors (Lipinski definition) is 2. The van der Waals surface area contributed by atoms with E-state index in [0.29, 0.717) is 5.56 Å². The number of amides is 1.